The van der Waals surface area contributed by atoms with Crippen LogP contribution in [-0.2, 0) is 17.9 Å². The van der Waals surface area contributed by atoms with Gasteiger partial charge in [-0.2, -0.15) is 4.39 Å². The Morgan fingerprint density at radius 1 is 1.10 bits per heavy atom. The highest BCUT2D eigenvalue weighted by Crippen LogP contribution is 2.20. The van der Waals surface area contributed by atoms with Gasteiger partial charge >= 0.3 is 6.09 Å². The van der Waals surface area contributed by atoms with Crippen LogP contribution in [0.15, 0.2) is 42.5 Å². The number of amides is 1. The molecule has 110 valence electrons. The van der Waals surface area contributed by atoms with Gasteiger partial charge in [-0.1, -0.05) is 36.4 Å². The number of carbonyl (C=O) groups excluding carboxylic acids is 1. The molecule has 1 amide bonds. The number of aromatic hydroxyl groups is 1. The summed E-state index contributed by atoms with van der Waals surface area (Å²) in [4.78, 5) is 11.5. The van der Waals surface area contributed by atoms with E-state index in [-0.39, 0.29) is 18.7 Å². The van der Waals surface area contributed by atoms with E-state index in [9.17, 15) is 13.6 Å². The van der Waals surface area contributed by atoms with Crippen molar-refractivity contribution < 1.29 is 23.4 Å². The molecule has 0 aromatic heterocycles. The summed E-state index contributed by atoms with van der Waals surface area (Å²) in [6, 6.07) is 11.3. The molecule has 0 spiro atoms. The van der Waals surface area contributed by atoms with Gasteiger partial charge < -0.3 is 15.2 Å². The summed E-state index contributed by atoms with van der Waals surface area (Å²) in [5.74, 6) is -3.31. The first-order valence-electron chi connectivity index (χ1n) is 6.18. The second kappa shape index (κ2) is 6.69. The average Bonchev–Trinajstić information content (AvgIpc) is 2.51. The van der Waals surface area contributed by atoms with E-state index in [1.165, 1.54) is 6.07 Å². The lowest BCUT2D eigenvalue weighted by Crippen LogP contribution is -2.24. The van der Waals surface area contributed by atoms with Gasteiger partial charge in [-0.3, -0.25) is 0 Å². The van der Waals surface area contributed by atoms with E-state index < -0.39 is 23.5 Å². The molecule has 0 saturated carbocycles. The molecule has 0 aliphatic heterocycles. The van der Waals surface area contributed by atoms with Crippen molar-refractivity contribution in [1.82, 2.24) is 5.32 Å². The minimum absolute atomic E-state index is 0.0815. The Morgan fingerprint density at radius 2 is 1.81 bits per heavy atom. The molecule has 4 nitrogen and oxygen atoms in total. The van der Waals surface area contributed by atoms with Crippen LogP contribution in [0.2, 0.25) is 0 Å². The summed E-state index contributed by atoms with van der Waals surface area (Å²) in [7, 11) is 0. The van der Waals surface area contributed by atoms with E-state index >= 15 is 0 Å². The maximum atomic E-state index is 13.4. The first-order valence-corrected chi connectivity index (χ1v) is 6.18. The van der Waals surface area contributed by atoms with Crippen LogP contribution in [0.1, 0.15) is 11.1 Å². The van der Waals surface area contributed by atoms with E-state index in [2.05, 4.69) is 5.32 Å². The van der Waals surface area contributed by atoms with Crippen LogP contribution in [-0.4, -0.2) is 11.2 Å². The number of phenols is 1. The zero-order valence-electron chi connectivity index (χ0n) is 11.0. The second-order valence-corrected chi connectivity index (χ2v) is 4.29. The number of phenolic OH excluding ortho intramolecular Hbond substituents is 1. The van der Waals surface area contributed by atoms with Gasteiger partial charge in [0.15, 0.2) is 11.6 Å². The molecule has 2 N–H and O–H groups in total. The fourth-order valence-corrected chi connectivity index (χ4v) is 1.66. The van der Waals surface area contributed by atoms with Gasteiger partial charge in [-0.05, 0) is 11.6 Å². The van der Waals surface area contributed by atoms with Crippen molar-refractivity contribution in [2.45, 2.75) is 13.2 Å². The summed E-state index contributed by atoms with van der Waals surface area (Å²) < 4.78 is 31.5. The van der Waals surface area contributed by atoms with Crippen molar-refractivity contribution in [2.24, 2.45) is 0 Å². The molecular weight excluding hydrogens is 280 g/mol. The van der Waals surface area contributed by atoms with Crippen LogP contribution >= 0.6 is 0 Å². The molecule has 6 heteroatoms. The molecule has 21 heavy (non-hydrogen) atoms. The zero-order chi connectivity index (χ0) is 15.2. The minimum Gasteiger partial charge on any atom is -0.505 e. The minimum atomic E-state index is -1.34. The third kappa shape index (κ3) is 3.92. The molecule has 0 bridgehead atoms. The topological polar surface area (TPSA) is 58.6 Å². The normalized spacial score (nSPS) is 10.2. The Labute approximate surface area is 120 Å². The van der Waals surface area contributed by atoms with E-state index in [0.29, 0.717) is 0 Å². The maximum absolute atomic E-state index is 13.4. The summed E-state index contributed by atoms with van der Waals surface area (Å²) in [6.45, 7) is -0.157. The number of carbonyl (C=O) groups is 1. The zero-order valence-corrected chi connectivity index (χ0v) is 11.0. The summed E-state index contributed by atoms with van der Waals surface area (Å²) in [5.41, 5.74) is 0.733. The van der Waals surface area contributed by atoms with Gasteiger partial charge in [-0.15, -0.1) is 0 Å². The van der Waals surface area contributed by atoms with Crippen LogP contribution in [0.4, 0.5) is 13.6 Å². The fourth-order valence-electron chi connectivity index (χ4n) is 1.66. The summed E-state index contributed by atoms with van der Waals surface area (Å²) in [5, 5.41) is 11.3. The van der Waals surface area contributed by atoms with Crippen molar-refractivity contribution in [3.63, 3.8) is 0 Å². The van der Waals surface area contributed by atoms with E-state index in [0.717, 1.165) is 11.6 Å². The number of benzene rings is 2. The molecule has 0 aliphatic carbocycles. The Morgan fingerprint density at radius 3 is 2.52 bits per heavy atom. The third-order valence-corrected chi connectivity index (χ3v) is 2.78. The number of rotatable bonds is 4. The van der Waals surface area contributed by atoms with Crippen molar-refractivity contribution in [1.29, 1.82) is 0 Å². The molecule has 0 aliphatic rings. The Kier molecular flexibility index (Phi) is 4.71. The monoisotopic (exact) mass is 293 g/mol. The largest absolute Gasteiger partial charge is 0.505 e. The molecule has 0 heterocycles. The molecule has 0 saturated heterocycles. The number of alkyl carbamates (subject to hydrolysis) is 1. The summed E-state index contributed by atoms with van der Waals surface area (Å²) >= 11 is 0. The van der Waals surface area contributed by atoms with Crippen LogP contribution < -0.4 is 5.32 Å². The van der Waals surface area contributed by atoms with Crippen LogP contribution in [0.25, 0.3) is 0 Å². The quantitative estimate of drug-likeness (QED) is 0.910. The first-order chi connectivity index (χ1) is 10.1. The van der Waals surface area contributed by atoms with Gasteiger partial charge in [0.25, 0.3) is 0 Å². The van der Waals surface area contributed by atoms with Crippen molar-refractivity contribution in [3.05, 3.63) is 65.2 Å². The lowest BCUT2D eigenvalue weighted by molar-refractivity contribution is 0.139. The summed E-state index contributed by atoms with van der Waals surface area (Å²) in [6.07, 6.45) is -0.744. The van der Waals surface area contributed by atoms with Gasteiger partial charge in [-0.25, -0.2) is 9.18 Å². The van der Waals surface area contributed by atoms with Gasteiger partial charge in [0, 0.05) is 12.1 Å². The Bertz CT molecular complexity index is 632. The molecule has 2 aromatic rings. The maximum Gasteiger partial charge on any atom is 0.407 e. The predicted molar refractivity (Wildman–Crippen MR) is 71.5 cm³/mol. The lowest BCUT2D eigenvalue weighted by atomic mass is 10.2. The van der Waals surface area contributed by atoms with E-state index in [1.54, 1.807) is 12.1 Å². The SMILES string of the molecule is O=C(NCc1ccc(O)c(F)c1F)OCc1ccccc1. The van der Waals surface area contributed by atoms with Crippen molar-refractivity contribution in [3.8, 4) is 5.75 Å². The smallest absolute Gasteiger partial charge is 0.407 e. The van der Waals surface area contributed by atoms with E-state index in [1.807, 2.05) is 18.2 Å². The third-order valence-electron chi connectivity index (χ3n) is 2.78. The molecule has 2 rings (SSSR count). The standard InChI is InChI=1S/C15H13F2NO3/c16-13-11(6-7-12(19)14(13)17)8-18-15(20)21-9-10-4-2-1-3-5-10/h1-7,19H,8-9H2,(H,18,20). The highest BCUT2D eigenvalue weighted by Gasteiger charge is 2.13. The number of halogens is 2. The van der Waals surface area contributed by atoms with Crippen LogP contribution in [0.3, 0.4) is 0 Å². The van der Waals surface area contributed by atoms with E-state index in [4.69, 9.17) is 9.84 Å². The Hall–Kier alpha value is -2.63. The number of ether oxygens (including phenoxy) is 1. The predicted octanol–water partition coefficient (Wildman–Crippen LogP) is 3.10. The molecule has 0 radical (unpaired) electrons. The molecular formula is C15H13F2NO3. The lowest BCUT2D eigenvalue weighted by Gasteiger charge is -2.08. The number of hydrogen-bond acceptors (Lipinski definition) is 3. The van der Waals surface area contributed by atoms with Crippen LogP contribution in [0, 0.1) is 11.6 Å². The molecule has 0 fully saturated rings. The number of hydrogen-bond donors (Lipinski definition) is 2. The fraction of sp³-hybridized carbons (Fsp3) is 0.133. The van der Waals surface area contributed by atoms with Crippen molar-refractivity contribution >= 4 is 6.09 Å². The van der Waals surface area contributed by atoms with Gasteiger partial charge in [0.05, 0.1) is 0 Å². The average molecular weight is 293 g/mol. The number of nitrogens with one attached hydrogen (secondary N) is 1. The second-order valence-electron chi connectivity index (χ2n) is 4.29. The van der Waals surface area contributed by atoms with Gasteiger partial charge in [0.2, 0.25) is 5.82 Å². The molecule has 0 atom stereocenters. The molecule has 0 unspecified atom stereocenters. The first kappa shape index (κ1) is 14.8. The highest BCUT2D eigenvalue weighted by molar-refractivity contribution is 5.67. The highest BCUT2D eigenvalue weighted by atomic mass is 19.2. The van der Waals surface area contributed by atoms with Gasteiger partial charge in [0.1, 0.15) is 6.61 Å². The van der Waals surface area contributed by atoms with Crippen LogP contribution in [0.5, 0.6) is 5.75 Å². The molecule has 2 aromatic carbocycles. The van der Waals surface area contributed by atoms with Crippen molar-refractivity contribution in [2.75, 3.05) is 0 Å². The Balaban J connectivity index is 1.86.